The molecule has 0 fully saturated rings. The summed E-state index contributed by atoms with van der Waals surface area (Å²) in [6.45, 7) is 0. The molecule has 1 aliphatic rings. The van der Waals surface area contributed by atoms with E-state index in [9.17, 15) is 9.59 Å². The van der Waals surface area contributed by atoms with Gasteiger partial charge in [0.25, 0.3) is 0 Å². The van der Waals surface area contributed by atoms with Crippen LogP contribution in [0.25, 0.3) is 32.7 Å². The number of H-pyrrole nitrogens is 1. The maximum absolute atomic E-state index is 12.6. The lowest BCUT2D eigenvalue weighted by Crippen LogP contribution is -2.26. The summed E-state index contributed by atoms with van der Waals surface area (Å²) in [4.78, 5) is 33.4. The first-order chi connectivity index (χ1) is 11.2. The van der Waals surface area contributed by atoms with Gasteiger partial charge >= 0.3 is 0 Å². The van der Waals surface area contributed by atoms with Gasteiger partial charge in [0.1, 0.15) is 0 Å². The molecule has 2 aromatic heterocycles. The summed E-state index contributed by atoms with van der Waals surface area (Å²) in [6.07, 6.45) is 1.67. The van der Waals surface area contributed by atoms with Crippen LogP contribution in [0, 0.1) is 0 Å². The highest BCUT2D eigenvalue weighted by Gasteiger charge is 2.37. The van der Waals surface area contributed by atoms with Gasteiger partial charge < -0.3 is 9.79 Å². The summed E-state index contributed by atoms with van der Waals surface area (Å²) in [5, 5.41) is 2.21. The van der Waals surface area contributed by atoms with E-state index < -0.39 is 11.8 Å². The molecule has 0 unspecified atom stereocenters. The van der Waals surface area contributed by atoms with E-state index in [1.807, 2.05) is 24.3 Å². The molecule has 23 heavy (non-hydrogen) atoms. The van der Waals surface area contributed by atoms with E-state index in [0.717, 1.165) is 16.4 Å². The van der Waals surface area contributed by atoms with Crippen LogP contribution < -0.4 is 0 Å². The van der Waals surface area contributed by atoms with Gasteiger partial charge in [-0.1, -0.05) is 24.3 Å². The summed E-state index contributed by atoms with van der Waals surface area (Å²) in [5.74, 6) is -0.972. The van der Waals surface area contributed by atoms with Gasteiger partial charge in [0.2, 0.25) is 19.8 Å². The predicted molar refractivity (Wildman–Crippen MR) is 87.4 cm³/mol. The summed E-state index contributed by atoms with van der Waals surface area (Å²) >= 11 is 0. The van der Waals surface area contributed by atoms with Crippen LogP contribution in [0.4, 0.5) is 0 Å². The van der Waals surface area contributed by atoms with Crippen LogP contribution in [-0.4, -0.2) is 34.6 Å². The van der Waals surface area contributed by atoms with Crippen molar-refractivity contribution in [3.63, 3.8) is 0 Å². The highest BCUT2D eigenvalue weighted by molar-refractivity contribution is 6.43. The number of para-hydroxylation sites is 1. The molecule has 5 rings (SSSR count). The molecule has 0 atom stereocenters. The van der Waals surface area contributed by atoms with Gasteiger partial charge in [0, 0.05) is 27.9 Å². The van der Waals surface area contributed by atoms with E-state index in [4.69, 9.17) is 7.98 Å². The number of rotatable bonds is 0. The molecule has 4 aromatic rings. The van der Waals surface area contributed by atoms with E-state index in [1.54, 1.807) is 18.3 Å². The highest BCUT2D eigenvalue weighted by atomic mass is 16.2. The number of benzene rings is 2. The standard InChI is InChI=1S/C17H8BN3O2/c18-21-16(22)12-9-5-3-7-19-14(9)15-11(13(12)17(21)23)8-4-1-2-6-10(8)20-15/h1-7,20H. The van der Waals surface area contributed by atoms with Gasteiger partial charge in [-0.05, 0) is 12.1 Å². The number of amides is 2. The molecule has 0 bridgehead atoms. The molecular formula is C17H8BN3O2. The van der Waals surface area contributed by atoms with E-state index in [2.05, 4.69) is 9.97 Å². The Kier molecular flexibility index (Phi) is 2.15. The number of hydrogen-bond acceptors (Lipinski definition) is 3. The Morgan fingerprint density at radius 1 is 0.957 bits per heavy atom. The lowest BCUT2D eigenvalue weighted by Gasteiger charge is -2.04. The average Bonchev–Trinajstić information content (AvgIpc) is 3.07. The number of aromatic nitrogens is 2. The Morgan fingerprint density at radius 2 is 1.70 bits per heavy atom. The minimum absolute atomic E-state index is 0.331. The molecule has 0 spiro atoms. The van der Waals surface area contributed by atoms with Crippen LogP contribution in [0.1, 0.15) is 20.7 Å². The first-order valence-electron chi connectivity index (χ1n) is 7.13. The third-order valence-electron chi connectivity index (χ3n) is 4.39. The van der Waals surface area contributed by atoms with Crippen LogP contribution in [0.15, 0.2) is 42.6 Å². The summed E-state index contributed by atoms with van der Waals surface area (Å²) in [6, 6.07) is 11.2. The topological polar surface area (TPSA) is 66.1 Å². The fraction of sp³-hybridized carbons (Fsp3) is 0. The van der Waals surface area contributed by atoms with Crippen molar-refractivity contribution in [2.24, 2.45) is 0 Å². The number of nitrogens with zero attached hydrogens (tertiary/aromatic N) is 2. The summed E-state index contributed by atoms with van der Waals surface area (Å²) in [5.41, 5.74) is 2.98. The summed E-state index contributed by atoms with van der Waals surface area (Å²) < 4.78 is 0. The minimum Gasteiger partial charge on any atom is -0.353 e. The zero-order valence-electron chi connectivity index (χ0n) is 11.8. The molecule has 1 N–H and O–H groups in total. The maximum atomic E-state index is 12.6. The Bertz CT molecular complexity index is 1180. The minimum atomic E-state index is -0.491. The molecular weight excluding hydrogens is 289 g/mol. The fourth-order valence-corrected chi connectivity index (χ4v) is 3.41. The van der Waals surface area contributed by atoms with Gasteiger partial charge in [0.15, 0.2) is 0 Å². The number of pyridine rings is 1. The predicted octanol–water partition coefficient (Wildman–Crippen LogP) is 2.55. The molecule has 106 valence electrons. The van der Waals surface area contributed by atoms with Crippen molar-refractivity contribution < 1.29 is 9.59 Å². The molecule has 3 heterocycles. The van der Waals surface area contributed by atoms with Gasteiger partial charge in [-0.25, -0.2) is 0 Å². The third kappa shape index (κ3) is 1.36. The molecule has 6 heteroatoms. The molecule has 0 saturated heterocycles. The first kappa shape index (κ1) is 12.4. The monoisotopic (exact) mass is 297 g/mol. The van der Waals surface area contributed by atoms with Crippen LogP contribution >= 0.6 is 0 Å². The van der Waals surface area contributed by atoms with Crippen LogP contribution in [0.2, 0.25) is 0 Å². The van der Waals surface area contributed by atoms with Crippen LogP contribution in [0.3, 0.4) is 0 Å². The highest BCUT2D eigenvalue weighted by Crippen LogP contribution is 2.39. The number of fused-ring (bicyclic) bond motifs is 8. The second kappa shape index (κ2) is 3.98. The zero-order chi connectivity index (χ0) is 15.7. The second-order valence-electron chi connectivity index (χ2n) is 5.55. The van der Waals surface area contributed by atoms with E-state index in [-0.39, 0.29) is 0 Å². The molecule has 0 aliphatic carbocycles. The average molecular weight is 297 g/mol. The Labute approximate surface area is 131 Å². The molecule has 2 radical (unpaired) electrons. The molecule has 0 saturated carbocycles. The van der Waals surface area contributed by atoms with Gasteiger partial charge in [-0.15, -0.1) is 0 Å². The van der Waals surface area contributed by atoms with Gasteiger partial charge in [0.05, 0.1) is 22.2 Å². The van der Waals surface area contributed by atoms with Gasteiger partial charge in [-0.3, -0.25) is 14.6 Å². The SMILES string of the molecule is [B]N1C(=O)c2c(c3c4ccccc4[nH]c3c3ncccc23)C1=O. The van der Waals surface area contributed by atoms with Crippen molar-refractivity contribution >= 4 is 52.5 Å². The molecule has 5 nitrogen and oxygen atoms in total. The number of hydrogen-bond donors (Lipinski definition) is 1. The number of imide groups is 1. The first-order valence-corrected chi connectivity index (χ1v) is 7.13. The number of carbonyl (C=O) groups is 2. The summed E-state index contributed by atoms with van der Waals surface area (Å²) in [7, 11) is 5.67. The van der Waals surface area contributed by atoms with E-state index in [0.29, 0.717) is 32.2 Å². The quantitative estimate of drug-likeness (QED) is 0.400. The number of carbonyl (C=O) groups excluding carboxylic acids is 2. The lowest BCUT2D eigenvalue weighted by atomic mass is 9.97. The molecule has 2 aromatic carbocycles. The van der Waals surface area contributed by atoms with Crippen molar-refractivity contribution in [1.82, 2.24) is 14.8 Å². The molecule has 2 amide bonds. The van der Waals surface area contributed by atoms with Crippen LogP contribution in [0.5, 0.6) is 0 Å². The van der Waals surface area contributed by atoms with Crippen molar-refractivity contribution in [2.45, 2.75) is 0 Å². The van der Waals surface area contributed by atoms with Crippen molar-refractivity contribution in [1.29, 1.82) is 0 Å². The number of nitrogens with one attached hydrogen (secondary N) is 1. The van der Waals surface area contributed by atoms with E-state index >= 15 is 0 Å². The third-order valence-corrected chi connectivity index (χ3v) is 4.39. The fourth-order valence-electron chi connectivity index (χ4n) is 3.41. The smallest absolute Gasteiger partial charge is 0.249 e. The van der Waals surface area contributed by atoms with Gasteiger partial charge in [-0.2, -0.15) is 0 Å². The van der Waals surface area contributed by atoms with Crippen molar-refractivity contribution in [3.05, 3.63) is 53.7 Å². The number of aromatic amines is 1. The Balaban J connectivity index is 2.17. The van der Waals surface area contributed by atoms with Crippen LogP contribution in [-0.2, 0) is 0 Å². The van der Waals surface area contributed by atoms with E-state index in [1.165, 1.54) is 0 Å². The van der Waals surface area contributed by atoms with Crippen molar-refractivity contribution in [3.8, 4) is 0 Å². The second-order valence-corrected chi connectivity index (χ2v) is 5.55. The Hall–Kier alpha value is -3.15. The Morgan fingerprint density at radius 3 is 2.57 bits per heavy atom. The molecule has 1 aliphatic heterocycles. The zero-order valence-corrected chi connectivity index (χ0v) is 11.8. The largest absolute Gasteiger partial charge is 0.353 e. The maximum Gasteiger partial charge on any atom is 0.249 e. The van der Waals surface area contributed by atoms with Crippen molar-refractivity contribution in [2.75, 3.05) is 0 Å². The normalized spacial score (nSPS) is 14.3. The lowest BCUT2D eigenvalue weighted by molar-refractivity contribution is 0.0767.